The number of carbonyl (C=O) groups is 3. The van der Waals surface area contributed by atoms with Crippen LogP contribution in [-0.2, 0) is 9.59 Å². The maximum Gasteiger partial charge on any atom is 0.255 e. The smallest absolute Gasteiger partial charge is 0.255 e. The van der Waals surface area contributed by atoms with Crippen LogP contribution in [0.1, 0.15) is 61.0 Å². The Labute approximate surface area is 223 Å². The van der Waals surface area contributed by atoms with Gasteiger partial charge in [-0.3, -0.25) is 19.3 Å². The maximum atomic E-state index is 13.0. The molecule has 194 valence electrons. The Kier molecular flexibility index (Phi) is 6.89. The first-order valence-electron chi connectivity index (χ1n) is 13.0. The van der Waals surface area contributed by atoms with Crippen LogP contribution < -0.4 is 15.0 Å². The number of nitrogens with one attached hydrogen (secondary N) is 1. The molecule has 1 N–H and O–H groups in total. The van der Waals surface area contributed by atoms with Crippen molar-refractivity contribution in [2.45, 2.75) is 46.5 Å². The second-order valence-corrected chi connectivity index (χ2v) is 10.5. The standard InChI is InChI=1S/C32H32N2O4/c1-19(2)26-15-5-21(4)18-29(26)38-25-13-9-23(10-14-25)33-30(35)22-7-11-24(12-8-22)34-31(36)27-16-6-20(3)17-28(27)32(34)37/h5-15,18-19,27-28H,16-17H2,1-4H3,(H,33,35)/t27-,28-/m1/s1. The van der Waals surface area contributed by atoms with Gasteiger partial charge in [-0.1, -0.05) is 37.6 Å². The molecule has 0 aromatic heterocycles. The minimum absolute atomic E-state index is 0.155. The molecule has 0 saturated carbocycles. The minimum atomic E-state index is -0.288. The first-order valence-corrected chi connectivity index (χ1v) is 13.0. The van der Waals surface area contributed by atoms with Gasteiger partial charge in [-0.15, -0.1) is 0 Å². The number of benzene rings is 3. The first kappa shape index (κ1) is 25.5. The van der Waals surface area contributed by atoms with Crippen LogP contribution in [0.2, 0.25) is 0 Å². The summed E-state index contributed by atoms with van der Waals surface area (Å²) in [7, 11) is 0. The molecule has 3 amide bonds. The third kappa shape index (κ3) is 4.99. The second-order valence-electron chi connectivity index (χ2n) is 10.5. The fourth-order valence-corrected chi connectivity index (χ4v) is 5.20. The summed E-state index contributed by atoms with van der Waals surface area (Å²) in [5, 5.41) is 2.89. The predicted molar refractivity (Wildman–Crippen MR) is 149 cm³/mol. The molecular weight excluding hydrogens is 476 g/mol. The summed E-state index contributed by atoms with van der Waals surface area (Å²) in [5.41, 5.74) is 4.99. The second kappa shape index (κ2) is 10.3. The molecule has 0 unspecified atom stereocenters. The van der Waals surface area contributed by atoms with E-state index in [-0.39, 0.29) is 29.6 Å². The Bertz CT molecular complexity index is 1420. The molecule has 1 heterocycles. The average molecular weight is 509 g/mol. The van der Waals surface area contributed by atoms with E-state index >= 15 is 0 Å². The maximum absolute atomic E-state index is 13.0. The van der Waals surface area contributed by atoms with Gasteiger partial charge in [-0.05, 0) is 98.3 Å². The van der Waals surface area contributed by atoms with Crippen molar-refractivity contribution in [3.8, 4) is 11.5 Å². The van der Waals surface area contributed by atoms with Crippen molar-refractivity contribution in [3.05, 3.63) is 95.1 Å². The number of carbonyl (C=O) groups excluding carboxylic acids is 3. The monoisotopic (exact) mass is 508 g/mol. The number of hydrogen-bond donors (Lipinski definition) is 1. The SMILES string of the molecule is CC1=CC[C@H]2C(=O)N(c3ccc(C(=O)Nc4ccc(Oc5cc(C)ccc5C(C)C)cc4)cc3)C(=O)[C@@H]2C1. The third-order valence-electron chi connectivity index (χ3n) is 7.34. The largest absolute Gasteiger partial charge is 0.457 e. The van der Waals surface area contributed by atoms with E-state index in [0.717, 1.165) is 22.4 Å². The molecule has 0 spiro atoms. The van der Waals surface area contributed by atoms with E-state index in [9.17, 15) is 14.4 Å². The number of rotatable bonds is 6. The average Bonchev–Trinajstić information content (AvgIpc) is 3.14. The van der Waals surface area contributed by atoms with Gasteiger partial charge in [0.05, 0.1) is 17.5 Å². The summed E-state index contributed by atoms with van der Waals surface area (Å²) in [4.78, 5) is 40.0. The van der Waals surface area contributed by atoms with E-state index in [4.69, 9.17) is 4.74 Å². The molecule has 1 fully saturated rings. The molecule has 2 aliphatic rings. The van der Waals surface area contributed by atoms with Crippen LogP contribution in [-0.4, -0.2) is 17.7 Å². The van der Waals surface area contributed by atoms with Gasteiger partial charge in [0.15, 0.2) is 0 Å². The van der Waals surface area contributed by atoms with Crippen molar-refractivity contribution in [1.82, 2.24) is 0 Å². The van der Waals surface area contributed by atoms with Crippen molar-refractivity contribution in [3.63, 3.8) is 0 Å². The zero-order valence-electron chi connectivity index (χ0n) is 22.2. The molecule has 0 radical (unpaired) electrons. The lowest BCUT2D eigenvalue weighted by Gasteiger charge is -2.18. The number of allylic oxidation sites excluding steroid dienone is 2. The van der Waals surface area contributed by atoms with Crippen LogP contribution in [0.25, 0.3) is 0 Å². The third-order valence-corrected chi connectivity index (χ3v) is 7.34. The van der Waals surface area contributed by atoms with Crippen molar-refractivity contribution in [1.29, 1.82) is 0 Å². The van der Waals surface area contributed by atoms with Crippen molar-refractivity contribution < 1.29 is 19.1 Å². The highest BCUT2D eigenvalue weighted by Crippen LogP contribution is 2.40. The molecule has 1 aliphatic carbocycles. The van der Waals surface area contributed by atoms with Gasteiger partial charge in [0, 0.05) is 11.3 Å². The topological polar surface area (TPSA) is 75.7 Å². The Hall–Kier alpha value is -4.19. The molecule has 3 aromatic carbocycles. The summed E-state index contributed by atoms with van der Waals surface area (Å²) < 4.78 is 6.14. The Morgan fingerprint density at radius 1 is 0.921 bits per heavy atom. The molecule has 1 aliphatic heterocycles. The van der Waals surface area contributed by atoms with Crippen molar-refractivity contribution >= 4 is 29.1 Å². The normalized spacial score (nSPS) is 18.9. The lowest BCUT2D eigenvalue weighted by Crippen LogP contribution is -2.30. The number of imide groups is 1. The number of hydrogen-bond acceptors (Lipinski definition) is 4. The highest BCUT2D eigenvalue weighted by Gasteiger charge is 2.48. The Balaban J connectivity index is 1.24. The number of aryl methyl sites for hydroxylation is 1. The number of fused-ring (bicyclic) bond motifs is 1. The van der Waals surface area contributed by atoms with Crippen LogP contribution in [0.4, 0.5) is 11.4 Å². The summed E-state index contributed by atoms with van der Waals surface area (Å²) in [6.45, 7) is 8.30. The Morgan fingerprint density at radius 3 is 2.29 bits per heavy atom. The molecule has 38 heavy (non-hydrogen) atoms. The molecule has 6 nitrogen and oxygen atoms in total. The van der Waals surface area contributed by atoms with Gasteiger partial charge in [-0.25, -0.2) is 0 Å². The molecule has 6 heteroatoms. The highest BCUT2D eigenvalue weighted by atomic mass is 16.5. The van der Waals surface area contributed by atoms with E-state index < -0.39 is 0 Å². The van der Waals surface area contributed by atoms with Crippen molar-refractivity contribution in [2.24, 2.45) is 11.8 Å². The fraction of sp³-hybridized carbons (Fsp3) is 0.281. The van der Waals surface area contributed by atoms with Crippen LogP contribution in [0.15, 0.2) is 78.4 Å². The first-order chi connectivity index (χ1) is 18.2. The number of ether oxygens (including phenoxy) is 1. The number of amides is 3. The van der Waals surface area contributed by atoms with Gasteiger partial charge in [-0.2, -0.15) is 0 Å². The minimum Gasteiger partial charge on any atom is -0.457 e. The lowest BCUT2D eigenvalue weighted by atomic mass is 9.82. The van der Waals surface area contributed by atoms with Crippen LogP contribution >= 0.6 is 0 Å². The lowest BCUT2D eigenvalue weighted by molar-refractivity contribution is -0.122. The van der Waals surface area contributed by atoms with Gasteiger partial charge >= 0.3 is 0 Å². The van der Waals surface area contributed by atoms with Gasteiger partial charge in [0.2, 0.25) is 11.8 Å². The summed E-state index contributed by atoms with van der Waals surface area (Å²) in [5.74, 6) is 0.686. The van der Waals surface area contributed by atoms with Crippen LogP contribution in [0.5, 0.6) is 11.5 Å². The van der Waals surface area contributed by atoms with Gasteiger partial charge < -0.3 is 10.1 Å². The zero-order chi connectivity index (χ0) is 27.0. The van der Waals surface area contributed by atoms with Crippen LogP contribution in [0, 0.1) is 18.8 Å². The molecule has 1 saturated heterocycles. The van der Waals surface area contributed by atoms with E-state index in [0.29, 0.717) is 41.4 Å². The molecule has 5 rings (SSSR count). The quantitative estimate of drug-likeness (QED) is 0.287. The summed E-state index contributed by atoms with van der Waals surface area (Å²) in [6, 6.07) is 20.0. The highest BCUT2D eigenvalue weighted by molar-refractivity contribution is 6.22. The molecule has 0 bridgehead atoms. The zero-order valence-corrected chi connectivity index (χ0v) is 22.2. The molecule has 2 atom stereocenters. The Morgan fingerprint density at radius 2 is 1.61 bits per heavy atom. The van der Waals surface area contributed by atoms with Crippen LogP contribution in [0.3, 0.4) is 0 Å². The van der Waals surface area contributed by atoms with E-state index in [1.807, 2.05) is 38.1 Å². The van der Waals surface area contributed by atoms with E-state index in [1.54, 1.807) is 36.4 Å². The molecule has 3 aromatic rings. The van der Waals surface area contributed by atoms with Crippen molar-refractivity contribution in [2.75, 3.05) is 10.2 Å². The van der Waals surface area contributed by atoms with Gasteiger partial charge in [0.1, 0.15) is 11.5 Å². The number of nitrogens with zero attached hydrogens (tertiary/aromatic N) is 1. The van der Waals surface area contributed by atoms with Gasteiger partial charge in [0.25, 0.3) is 5.91 Å². The summed E-state index contributed by atoms with van der Waals surface area (Å²) in [6.07, 6.45) is 3.28. The van der Waals surface area contributed by atoms with E-state index in [1.165, 1.54) is 4.90 Å². The van der Waals surface area contributed by atoms with E-state index in [2.05, 4.69) is 31.3 Å². The fourth-order valence-electron chi connectivity index (χ4n) is 5.20. The molecular formula is C32H32N2O4. The summed E-state index contributed by atoms with van der Waals surface area (Å²) >= 11 is 0. The predicted octanol–water partition coefficient (Wildman–Crippen LogP) is 7.01. The number of anilines is 2.